The van der Waals surface area contributed by atoms with Gasteiger partial charge in [0.15, 0.2) is 5.82 Å². The molecule has 1 aliphatic heterocycles. The van der Waals surface area contributed by atoms with Gasteiger partial charge < -0.3 is 9.88 Å². The smallest absolute Gasteiger partial charge is 0.156 e. The van der Waals surface area contributed by atoms with Gasteiger partial charge in [-0.1, -0.05) is 39.0 Å². The second-order valence-corrected chi connectivity index (χ2v) is 8.93. The number of hydrogen-bond donors (Lipinski definition) is 1. The Bertz CT molecular complexity index is 941. The summed E-state index contributed by atoms with van der Waals surface area (Å²) in [5, 5.41) is 1.19. The quantitative estimate of drug-likeness (QED) is 0.717. The van der Waals surface area contributed by atoms with E-state index in [4.69, 9.17) is 4.98 Å². The van der Waals surface area contributed by atoms with Gasteiger partial charge in [-0.3, -0.25) is 0 Å². The molecule has 2 atom stereocenters. The normalized spacial score (nSPS) is 28.8. The van der Waals surface area contributed by atoms with Crippen LogP contribution in [0, 0.1) is 10.8 Å². The molecule has 0 spiro atoms. The van der Waals surface area contributed by atoms with Crippen molar-refractivity contribution in [2.75, 3.05) is 11.4 Å². The first-order chi connectivity index (χ1) is 11.4. The van der Waals surface area contributed by atoms with Crippen LogP contribution in [0.4, 0.5) is 5.82 Å². The van der Waals surface area contributed by atoms with Gasteiger partial charge in [0.2, 0.25) is 0 Å². The van der Waals surface area contributed by atoms with Gasteiger partial charge in [-0.25, -0.2) is 9.97 Å². The van der Waals surface area contributed by atoms with Crippen molar-refractivity contribution in [1.82, 2.24) is 15.0 Å². The summed E-state index contributed by atoms with van der Waals surface area (Å²) in [4.78, 5) is 15.4. The SMILES string of the molecule is CC1(C)C[C@@H]2C[C@@](C)(CN2c2ncnc3c2[nH]c2ccccc23)C1. The molecular weight excluding hydrogens is 296 g/mol. The Morgan fingerprint density at radius 1 is 1.12 bits per heavy atom. The summed E-state index contributed by atoms with van der Waals surface area (Å²) >= 11 is 0. The lowest BCUT2D eigenvalue weighted by molar-refractivity contribution is 0.136. The van der Waals surface area contributed by atoms with Crippen molar-refractivity contribution in [3.05, 3.63) is 30.6 Å². The predicted octanol–water partition coefficient (Wildman–Crippen LogP) is 4.52. The Hall–Kier alpha value is -2.10. The molecule has 1 aromatic carbocycles. The average molecular weight is 320 g/mol. The maximum Gasteiger partial charge on any atom is 0.156 e. The highest BCUT2D eigenvalue weighted by atomic mass is 15.3. The molecule has 0 amide bonds. The number of fused-ring (bicyclic) bond motifs is 5. The van der Waals surface area contributed by atoms with Gasteiger partial charge in [-0.05, 0) is 36.2 Å². The minimum Gasteiger partial charge on any atom is -0.351 e. The van der Waals surface area contributed by atoms with E-state index in [1.165, 1.54) is 24.6 Å². The van der Waals surface area contributed by atoms with E-state index in [1.54, 1.807) is 6.33 Å². The van der Waals surface area contributed by atoms with Crippen LogP contribution in [0.25, 0.3) is 21.9 Å². The fourth-order valence-corrected chi connectivity index (χ4v) is 5.55. The minimum atomic E-state index is 0.399. The van der Waals surface area contributed by atoms with Crippen molar-refractivity contribution < 1.29 is 0 Å². The second-order valence-electron chi connectivity index (χ2n) is 8.93. The van der Waals surface area contributed by atoms with Gasteiger partial charge >= 0.3 is 0 Å². The monoisotopic (exact) mass is 320 g/mol. The van der Waals surface area contributed by atoms with Crippen molar-refractivity contribution >= 4 is 27.8 Å². The van der Waals surface area contributed by atoms with Crippen LogP contribution < -0.4 is 4.90 Å². The third-order valence-corrected chi connectivity index (χ3v) is 5.96. The molecule has 1 saturated carbocycles. The number of aromatic nitrogens is 3. The number of nitrogens with one attached hydrogen (secondary N) is 1. The van der Waals surface area contributed by atoms with Crippen LogP contribution in [0.3, 0.4) is 0 Å². The molecule has 0 unspecified atom stereocenters. The van der Waals surface area contributed by atoms with E-state index in [9.17, 15) is 0 Å². The largest absolute Gasteiger partial charge is 0.351 e. The lowest BCUT2D eigenvalue weighted by atomic mass is 9.65. The van der Waals surface area contributed by atoms with Crippen molar-refractivity contribution in [2.24, 2.45) is 10.8 Å². The number of H-pyrrole nitrogens is 1. The Labute approximate surface area is 142 Å². The number of para-hydroxylation sites is 1. The van der Waals surface area contributed by atoms with Crippen molar-refractivity contribution in [2.45, 2.75) is 46.1 Å². The zero-order valence-corrected chi connectivity index (χ0v) is 14.6. The topological polar surface area (TPSA) is 44.8 Å². The van der Waals surface area contributed by atoms with E-state index in [2.05, 4.69) is 59.9 Å². The van der Waals surface area contributed by atoms with Crippen LogP contribution in [0.2, 0.25) is 0 Å². The summed E-state index contributed by atoms with van der Waals surface area (Å²) in [6.07, 6.45) is 5.55. The molecule has 124 valence electrons. The third kappa shape index (κ3) is 1.98. The van der Waals surface area contributed by atoms with Crippen LogP contribution in [-0.2, 0) is 0 Å². The highest BCUT2D eigenvalue weighted by molar-refractivity contribution is 6.08. The first-order valence-corrected chi connectivity index (χ1v) is 8.92. The van der Waals surface area contributed by atoms with Crippen LogP contribution in [0.5, 0.6) is 0 Å². The number of hydrogen-bond acceptors (Lipinski definition) is 3. The molecule has 0 radical (unpaired) electrons. The Morgan fingerprint density at radius 3 is 2.83 bits per heavy atom. The Morgan fingerprint density at radius 2 is 1.96 bits per heavy atom. The van der Waals surface area contributed by atoms with Gasteiger partial charge in [0.25, 0.3) is 0 Å². The zero-order chi connectivity index (χ0) is 16.5. The van der Waals surface area contributed by atoms with E-state index < -0.39 is 0 Å². The lowest BCUT2D eigenvalue weighted by Crippen LogP contribution is -2.35. The summed E-state index contributed by atoms with van der Waals surface area (Å²) in [5.41, 5.74) is 4.09. The van der Waals surface area contributed by atoms with Crippen molar-refractivity contribution in [3.63, 3.8) is 0 Å². The first kappa shape index (κ1) is 14.3. The highest BCUT2D eigenvalue weighted by Crippen LogP contribution is 2.53. The molecule has 3 aromatic rings. The van der Waals surface area contributed by atoms with Gasteiger partial charge in [0.05, 0.1) is 0 Å². The van der Waals surface area contributed by atoms with Crippen molar-refractivity contribution in [1.29, 1.82) is 0 Å². The summed E-state index contributed by atoms with van der Waals surface area (Å²) < 4.78 is 0. The fraction of sp³-hybridized carbons (Fsp3) is 0.500. The van der Waals surface area contributed by atoms with E-state index >= 15 is 0 Å². The summed E-state index contributed by atoms with van der Waals surface area (Å²) in [6, 6.07) is 8.98. The molecule has 4 nitrogen and oxygen atoms in total. The molecule has 1 saturated heterocycles. The van der Waals surface area contributed by atoms with Gasteiger partial charge in [0, 0.05) is 23.5 Å². The van der Waals surface area contributed by atoms with Crippen LogP contribution in [0.15, 0.2) is 30.6 Å². The van der Waals surface area contributed by atoms with Crippen molar-refractivity contribution in [3.8, 4) is 0 Å². The molecule has 3 heterocycles. The molecule has 2 bridgehead atoms. The maximum absolute atomic E-state index is 4.71. The standard InChI is InChI=1S/C20H24N4/c1-19(2)8-13-9-20(3,10-19)11-24(13)18-17-16(21-12-22-18)14-6-4-5-7-15(14)23-17/h4-7,12-13,23H,8-11H2,1-3H3/t13-,20-/m1/s1. The average Bonchev–Trinajstić information content (AvgIpc) is 3.00. The molecule has 24 heavy (non-hydrogen) atoms. The molecule has 5 rings (SSSR count). The fourth-order valence-electron chi connectivity index (χ4n) is 5.55. The van der Waals surface area contributed by atoms with Gasteiger partial charge in [0.1, 0.15) is 17.4 Å². The second kappa shape index (κ2) is 4.50. The Kier molecular flexibility index (Phi) is 2.67. The summed E-state index contributed by atoms with van der Waals surface area (Å²) in [5.74, 6) is 1.09. The number of anilines is 1. The molecule has 2 fully saturated rings. The van der Waals surface area contributed by atoms with Gasteiger partial charge in [-0.2, -0.15) is 0 Å². The van der Waals surface area contributed by atoms with E-state index in [0.29, 0.717) is 16.9 Å². The zero-order valence-electron chi connectivity index (χ0n) is 14.6. The third-order valence-electron chi connectivity index (χ3n) is 5.96. The lowest BCUT2D eigenvalue weighted by Gasteiger charge is -2.39. The predicted molar refractivity (Wildman–Crippen MR) is 98.3 cm³/mol. The number of aromatic amines is 1. The van der Waals surface area contributed by atoms with E-state index in [0.717, 1.165) is 28.9 Å². The number of rotatable bonds is 1. The first-order valence-electron chi connectivity index (χ1n) is 8.92. The maximum atomic E-state index is 4.71. The van der Waals surface area contributed by atoms with E-state index in [1.807, 2.05) is 0 Å². The molecule has 1 aliphatic carbocycles. The molecule has 2 aliphatic rings. The van der Waals surface area contributed by atoms with Gasteiger partial charge in [-0.15, -0.1) is 0 Å². The number of nitrogens with zero attached hydrogens (tertiary/aromatic N) is 3. The summed E-state index contributed by atoms with van der Waals surface area (Å²) in [6.45, 7) is 8.38. The Balaban J connectivity index is 1.68. The molecule has 4 heteroatoms. The van der Waals surface area contributed by atoms with E-state index in [-0.39, 0.29) is 0 Å². The van der Waals surface area contributed by atoms with Crippen LogP contribution >= 0.6 is 0 Å². The van der Waals surface area contributed by atoms with Crippen LogP contribution in [-0.4, -0.2) is 27.5 Å². The number of benzene rings is 1. The highest BCUT2D eigenvalue weighted by Gasteiger charge is 2.50. The molecule has 1 N–H and O–H groups in total. The molecular formula is C20H24N4. The molecule has 2 aromatic heterocycles. The minimum absolute atomic E-state index is 0.399. The summed E-state index contributed by atoms with van der Waals surface area (Å²) in [7, 11) is 0. The van der Waals surface area contributed by atoms with Crippen LogP contribution in [0.1, 0.15) is 40.0 Å².